The van der Waals surface area contributed by atoms with E-state index in [-0.39, 0.29) is 24.0 Å². The van der Waals surface area contributed by atoms with Crippen LogP contribution in [0, 0.1) is 5.92 Å². The van der Waals surface area contributed by atoms with E-state index < -0.39 is 11.7 Å². The van der Waals surface area contributed by atoms with Crippen molar-refractivity contribution in [2.24, 2.45) is 10.9 Å². The van der Waals surface area contributed by atoms with Crippen LogP contribution in [0.3, 0.4) is 0 Å². The van der Waals surface area contributed by atoms with Crippen LogP contribution in [-0.2, 0) is 12.7 Å². The third kappa shape index (κ3) is 6.11. The van der Waals surface area contributed by atoms with E-state index in [0.717, 1.165) is 18.7 Å². The highest BCUT2D eigenvalue weighted by atomic mass is 127. The Morgan fingerprint density at radius 1 is 1.29 bits per heavy atom. The molecule has 118 valence electrons. The molecule has 0 atom stereocenters. The average molecular weight is 413 g/mol. The summed E-state index contributed by atoms with van der Waals surface area (Å²) in [4.78, 5) is 4.05. The molecule has 0 aromatic heterocycles. The lowest BCUT2D eigenvalue weighted by atomic mass is 10.1. The van der Waals surface area contributed by atoms with Gasteiger partial charge in [0.05, 0.1) is 5.56 Å². The molecular formula is C14H19F3IN3. The third-order valence-corrected chi connectivity index (χ3v) is 3.19. The molecular weight excluding hydrogens is 394 g/mol. The number of halogens is 4. The van der Waals surface area contributed by atoms with Gasteiger partial charge >= 0.3 is 6.18 Å². The van der Waals surface area contributed by atoms with Crippen molar-refractivity contribution in [3.63, 3.8) is 0 Å². The first-order chi connectivity index (χ1) is 9.49. The lowest BCUT2D eigenvalue weighted by molar-refractivity contribution is -0.137. The molecule has 2 N–H and O–H groups in total. The van der Waals surface area contributed by atoms with E-state index >= 15 is 0 Å². The highest BCUT2D eigenvalue weighted by Gasteiger charge is 2.30. The second-order valence-corrected chi connectivity index (χ2v) is 4.95. The van der Waals surface area contributed by atoms with E-state index in [1.165, 1.54) is 18.9 Å². The summed E-state index contributed by atoms with van der Waals surface area (Å²) in [6.07, 6.45) is -1.84. The smallest absolute Gasteiger partial charge is 0.356 e. The van der Waals surface area contributed by atoms with Gasteiger partial charge in [-0.1, -0.05) is 12.1 Å². The van der Waals surface area contributed by atoms with E-state index in [4.69, 9.17) is 0 Å². The predicted molar refractivity (Wildman–Crippen MR) is 87.8 cm³/mol. The molecule has 1 aromatic carbocycles. The van der Waals surface area contributed by atoms with E-state index in [0.29, 0.717) is 24.0 Å². The fourth-order valence-corrected chi connectivity index (χ4v) is 1.83. The number of rotatable bonds is 4. The van der Waals surface area contributed by atoms with Gasteiger partial charge in [-0.2, -0.15) is 13.2 Å². The van der Waals surface area contributed by atoms with Crippen molar-refractivity contribution in [3.05, 3.63) is 35.4 Å². The fourth-order valence-electron chi connectivity index (χ4n) is 1.83. The Labute approximate surface area is 139 Å². The Kier molecular flexibility index (Phi) is 6.76. The Balaban J connectivity index is 0.00000220. The maximum absolute atomic E-state index is 12.6. The third-order valence-electron chi connectivity index (χ3n) is 3.19. The number of aliphatic imine (C=N–C) groups is 1. The molecule has 1 aliphatic carbocycles. The SMILES string of the molecule is CN=C(NCc1cccc(C(F)(F)F)c1)NCC1CC1.I. The molecule has 1 aromatic rings. The van der Waals surface area contributed by atoms with Gasteiger partial charge in [0.1, 0.15) is 0 Å². The van der Waals surface area contributed by atoms with E-state index in [1.807, 2.05) is 0 Å². The number of nitrogens with zero attached hydrogens (tertiary/aromatic N) is 1. The molecule has 0 spiro atoms. The number of benzene rings is 1. The van der Waals surface area contributed by atoms with Crippen LogP contribution in [0.25, 0.3) is 0 Å². The number of alkyl halides is 3. The number of hydrogen-bond donors (Lipinski definition) is 2. The van der Waals surface area contributed by atoms with E-state index in [2.05, 4.69) is 15.6 Å². The Hall–Kier alpha value is -0.990. The van der Waals surface area contributed by atoms with Gasteiger partial charge in [-0.3, -0.25) is 4.99 Å². The van der Waals surface area contributed by atoms with Crippen molar-refractivity contribution >= 4 is 29.9 Å². The average Bonchev–Trinajstić information content (AvgIpc) is 3.22. The molecule has 21 heavy (non-hydrogen) atoms. The monoisotopic (exact) mass is 413 g/mol. The molecule has 1 fully saturated rings. The maximum Gasteiger partial charge on any atom is 0.416 e. The summed E-state index contributed by atoms with van der Waals surface area (Å²) in [6.45, 7) is 1.18. The molecule has 1 aliphatic rings. The zero-order chi connectivity index (χ0) is 14.6. The van der Waals surface area contributed by atoms with Gasteiger partial charge in [0, 0.05) is 20.1 Å². The molecule has 0 aliphatic heterocycles. The summed E-state index contributed by atoms with van der Waals surface area (Å²) in [5.41, 5.74) is -0.0491. The topological polar surface area (TPSA) is 36.4 Å². The number of hydrogen-bond acceptors (Lipinski definition) is 1. The standard InChI is InChI=1S/C14H18F3N3.HI/c1-18-13(19-8-10-5-6-10)20-9-11-3-2-4-12(7-11)14(15,16)17;/h2-4,7,10H,5-6,8-9H2,1H3,(H2,18,19,20);1H. The van der Waals surface area contributed by atoms with Crippen LogP contribution in [0.2, 0.25) is 0 Å². The van der Waals surface area contributed by atoms with Crippen molar-refractivity contribution in [1.82, 2.24) is 10.6 Å². The van der Waals surface area contributed by atoms with Gasteiger partial charge in [-0.25, -0.2) is 0 Å². The molecule has 0 amide bonds. The molecule has 0 bridgehead atoms. The molecule has 0 saturated heterocycles. The van der Waals surface area contributed by atoms with Gasteiger partial charge in [0.15, 0.2) is 5.96 Å². The first-order valence-electron chi connectivity index (χ1n) is 6.59. The summed E-state index contributed by atoms with van der Waals surface area (Å²) in [5, 5.41) is 6.18. The van der Waals surface area contributed by atoms with Crippen LogP contribution >= 0.6 is 24.0 Å². The van der Waals surface area contributed by atoms with Crippen molar-refractivity contribution < 1.29 is 13.2 Å². The molecule has 0 radical (unpaired) electrons. The summed E-state index contributed by atoms with van der Waals surface area (Å²) >= 11 is 0. The molecule has 1 saturated carbocycles. The van der Waals surface area contributed by atoms with E-state index in [1.54, 1.807) is 13.1 Å². The predicted octanol–water partition coefficient (Wildman–Crippen LogP) is 3.40. The second-order valence-electron chi connectivity index (χ2n) is 4.95. The molecule has 3 nitrogen and oxygen atoms in total. The highest BCUT2D eigenvalue weighted by molar-refractivity contribution is 14.0. The minimum atomic E-state index is -4.30. The Morgan fingerprint density at radius 2 is 2.00 bits per heavy atom. The summed E-state index contributed by atoms with van der Waals surface area (Å²) in [5.74, 6) is 1.33. The molecule has 0 unspecified atom stereocenters. The van der Waals surface area contributed by atoms with Crippen LogP contribution in [0.5, 0.6) is 0 Å². The largest absolute Gasteiger partial charge is 0.416 e. The second kappa shape index (κ2) is 7.86. The first kappa shape index (κ1) is 18.1. The zero-order valence-electron chi connectivity index (χ0n) is 11.7. The van der Waals surface area contributed by atoms with Crippen LogP contribution in [0.15, 0.2) is 29.3 Å². The first-order valence-corrected chi connectivity index (χ1v) is 6.59. The zero-order valence-corrected chi connectivity index (χ0v) is 14.0. The fraction of sp³-hybridized carbons (Fsp3) is 0.500. The van der Waals surface area contributed by atoms with Gasteiger partial charge in [-0.05, 0) is 36.5 Å². The summed E-state index contributed by atoms with van der Waals surface area (Å²) in [7, 11) is 1.65. The van der Waals surface area contributed by atoms with Gasteiger partial charge in [0.2, 0.25) is 0 Å². The Morgan fingerprint density at radius 3 is 2.57 bits per heavy atom. The van der Waals surface area contributed by atoms with Crippen molar-refractivity contribution in [3.8, 4) is 0 Å². The van der Waals surface area contributed by atoms with Crippen molar-refractivity contribution in [2.75, 3.05) is 13.6 Å². The van der Waals surface area contributed by atoms with Crippen LogP contribution in [-0.4, -0.2) is 19.6 Å². The number of guanidine groups is 1. The van der Waals surface area contributed by atoms with Crippen LogP contribution in [0.4, 0.5) is 13.2 Å². The van der Waals surface area contributed by atoms with Gasteiger partial charge < -0.3 is 10.6 Å². The molecule has 2 rings (SSSR count). The normalized spacial score (nSPS) is 15.3. The van der Waals surface area contributed by atoms with Crippen molar-refractivity contribution in [1.29, 1.82) is 0 Å². The van der Waals surface area contributed by atoms with Crippen molar-refractivity contribution in [2.45, 2.75) is 25.6 Å². The van der Waals surface area contributed by atoms with Crippen LogP contribution in [0.1, 0.15) is 24.0 Å². The lowest BCUT2D eigenvalue weighted by Gasteiger charge is -2.13. The van der Waals surface area contributed by atoms with E-state index in [9.17, 15) is 13.2 Å². The highest BCUT2D eigenvalue weighted by Crippen LogP contribution is 2.29. The molecule has 7 heteroatoms. The van der Waals surface area contributed by atoms with Crippen LogP contribution < -0.4 is 10.6 Å². The summed E-state index contributed by atoms with van der Waals surface area (Å²) < 4.78 is 37.8. The minimum Gasteiger partial charge on any atom is -0.356 e. The number of nitrogens with one attached hydrogen (secondary N) is 2. The lowest BCUT2D eigenvalue weighted by Crippen LogP contribution is -2.37. The van der Waals surface area contributed by atoms with Gasteiger partial charge in [-0.15, -0.1) is 24.0 Å². The quantitative estimate of drug-likeness (QED) is 0.451. The van der Waals surface area contributed by atoms with Gasteiger partial charge in [0.25, 0.3) is 0 Å². The Bertz CT molecular complexity index is 485. The maximum atomic E-state index is 12.6. The summed E-state index contributed by atoms with van der Waals surface area (Å²) in [6, 6.07) is 5.31. The molecule has 0 heterocycles. The minimum absolute atomic E-state index is 0.